The molecule has 0 radical (unpaired) electrons. The largest absolute Gasteiger partial charge is 0.478 e. The highest BCUT2D eigenvalue weighted by Crippen LogP contribution is 2.19. The molecule has 0 aliphatic carbocycles. The molecule has 0 aliphatic rings. The van der Waals surface area contributed by atoms with Gasteiger partial charge >= 0.3 is 11.9 Å². The summed E-state index contributed by atoms with van der Waals surface area (Å²) in [6.45, 7) is 1.86. The van der Waals surface area contributed by atoms with Gasteiger partial charge in [0.1, 0.15) is 0 Å². The Bertz CT molecular complexity index is 460. The van der Waals surface area contributed by atoms with Crippen molar-refractivity contribution in [3.63, 3.8) is 0 Å². The molecule has 1 N–H and O–H groups in total. The first kappa shape index (κ1) is 13.0. The SMILES string of the molecule is CC/C(=C\C(=O)O)c1cccc(C(=O)OC)c1. The normalized spacial score (nSPS) is 11.1. The van der Waals surface area contributed by atoms with Crippen molar-refractivity contribution in [1.29, 1.82) is 0 Å². The van der Waals surface area contributed by atoms with Crippen LogP contribution < -0.4 is 0 Å². The molecule has 1 aromatic rings. The fourth-order valence-corrected chi connectivity index (χ4v) is 1.50. The molecule has 0 aliphatic heterocycles. The lowest BCUT2D eigenvalue weighted by atomic mass is 10.0. The fourth-order valence-electron chi connectivity index (χ4n) is 1.50. The van der Waals surface area contributed by atoms with Crippen molar-refractivity contribution in [1.82, 2.24) is 0 Å². The first-order chi connectivity index (χ1) is 8.08. The predicted molar refractivity (Wildman–Crippen MR) is 63.7 cm³/mol. The molecule has 0 saturated heterocycles. The molecule has 0 aromatic heterocycles. The monoisotopic (exact) mass is 234 g/mol. The van der Waals surface area contributed by atoms with E-state index in [4.69, 9.17) is 5.11 Å². The molecule has 0 heterocycles. The van der Waals surface area contributed by atoms with Gasteiger partial charge in [0, 0.05) is 6.08 Å². The summed E-state index contributed by atoms with van der Waals surface area (Å²) in [5.41, 5.74) is 1.80. The zero-order valence-electron chi connectivity index (χ0n) is 9.77. The summed E-state index contributed by atoms with van der Waals surface area (Å²) < 4.78 is 4.61. The molecule has 0 atom stereocenters. The standard InChI is InChI=1S/C13H14O4/c1-3-9(8-12(14)15)10-5-4-6-11(7-10)13(16)17-2/h4-8H,3H2,1-2H3,(H,14,15)/b9-8+. The van der Waals surface area contributed by atoms with Crippen molar-refractivity contribution >= 4 is 17.5 Å². The first-order valence-corrected chi connectivity index (χ1v) is 5.20. The van der Waals surface area contributed by atoms with Crippen LogP contribution in [0.4, 0.5) is 0 Å². The molecular weight excluding hydrogens is 220 g/mol. The minimum atomic E-state index is -0.995. The summed E-state index contributed by atoms with van der Waals surface area (Å²) in [5, 5.41) is 8.73. The highest BCUT2D eigenvalue weighted by molar-refractivity contribution is 5.93. The number of carboxylic acid groups (broad SMARTS) is 1. The van der Waals surface area contributed by atoms with Crippen molar-refractivity contribution in [3.05, 3.63) is 41.5 Å². The number of benzene rings is 1. The van der Waals surface area contributed by atoms with Gasteiger partial charge in [0.2, 0.25) is 0 Å². The van der Waals surface area contributed by atoms with Crippen molar-refractivity contribution in [2.75, 3.05) is 7.11 Å². The third-order valence-corrected chi connectivity index (χ3v) is 2.33. The lowest BCUT2D eigenvalue weighted by molar-refractivity contribution is -0.131. The van der Waals surface area contributed by atoms with Gasteiger partial charge in [-0.1, -0.05) is 19.1 Å². The Labute approximate surface area is 99.5 Å². The van der Waals surface area contributed by atoms with Gasteiger partial charge in [-0.2, -0.15) is 0 Å². The number of carbonyl (C=O) groups excluding carboxylic acids is 1. The first-order valence-electron chi connectivity index (χ1n) is 5.20. The van der Waals surface area contributed by atoms with E-state index >= 15 is 0 Å². The number of ether oxygens (including phenoxy) is 1. The minimum Gasteiger partial charge on any atom is -0.478 e. The van der Waals surface area contributed by atoms with E-state index in [0.29, 0.717) is 17.6 Å². The molecule has 4 nitrogen and oxygen atoms in total. The average molecular weight is 234 g/mol. The molecule has 0 saturated carbocycles. The molecule has 17 heavy (non-hydrogen) atoms. The lowest BCUT2D eigenvalue weighted by Crippen LogP contribution is -2.01. The third-order valence-electron chi connectivity index (χ3n) is 2.33. The minimum absolute atomic E-state index is 0.412. The maximum absolute atomic E-state index is 11.3. The average Bonchev–Trinajstić information content (AvgIpc) is 2.34. The molecule has 0 bridgehead atoms. The number of esters is 1. The molecule has 0 fully saturated rings. The molecule has 0 unspecified atom stereocenters. The highest BCUT2D eigenvalue weighted by Gasteiger charge is 2.08. The van der Waals surface area contributed by atoms with Crippen LogP contribution in [0.15, 0.2) is 30.3 Å². The molecule has 0 amide bonds. The van der Waals surface area contributed by atoms with Gasteiger partial charge in [0.15, 0.2) is 0 Å². The Hall–Kier alpha value is -2.10. The molecular formula is C13H14O4. The van der Waals surface area contributed by atoms with Crippen LogP contribution in [0.3, 0.4) is 0 Å². The van der Waals surface area contributed by atoms with Crippen molar-refractivity contribution < 1.29 is 19.4 Å². The van der Waals surface area contributed by atoms with Crippen LogP contribution in [-0.2, 0) is 9.53 Å². The Balaban J connectivity index is 3.14. The second-order valence-corrected chi connectivity index (χ2v) is 3.43. The number of methoxy groups -OCH3 is 1. The highest BCUT2D eigenvalue weighted by atomic mass is 16.5. The van der Waals surface area contributed by atoms with Crippen LogP contribution in [0.25, 0.3) is 5.57 Å². The van der Waals surface area contributed by atoms with Gasteiger partial charge in [-0.15, -0.1) is 0 Å². The van der Waals surface area contributed by atoms with Gasteiger partial charge in [-0.25, -0.2) is 9.59 Å². The van der Waals surface area contributed by atoms with Crippen LogP contribution in [0.1, 0.15) is 29.3 Å². The quantitative estimate of drug-likeness (QED) is 0.641. The summed E-state index contributed by atoms with van der Waals surface area (Å²) in [7, 11) is 1.31. The summed E-state index contributed by atoms with van der Waals surface area (Å²) in [6, 6.07) is 6.73. The zero-order valence-corrected chi connectivity index (χ0v) is 9.77. The van der Waals surface area contributed by atoms with E-state index in [2.05, 4.69) is 4.74 Å². The lowest BCUT2D eigenvalue weighted by Gasteiger charge is -2.06. The number of rotatable bonds is 4. The van der Waals surface area contributed by atoms with Gasteiger partial charge in [0.25, 0.3) is 0 Å². The Morgan fingerprint density at radius 2 is 2.00 bits per heavy atom. The fraction of sp³-hybridized carbons (Fsp3) is 0.231. The number of allylic oxidation sites excluding steroid dienone is 1. The number of aliphatic carboxylic acids is 1. The van der Waals surface area contributed by atoms with Crippen LogP contribution in [0, 0.1) is 0 Å². The number of carboxylic acids is 1. The van der Waals surface area contributed by atoms with E-state index in [9.17, 15) is 9.59 Å². The van der Waals surface area contributed by atoms with E-state index in [1.807, 2.05) is 6.92 Å². The maximum Gasteiger partial charge on any atom is 0.337 e. The van der Waals surface area contributed by atoms with Crippen LogP contribution in [0.2, 0.25) is 0 Å². The van der Waals surface area contributed by atoms with Crippen LogP contribution in [-0.4, -0.2) is 24.2 Å². The maximum atomic E-state index is 11.3. The van der Waals surface area contributed by atoms with E-state index in [-0.39, 0.29) is 0 Å². The summed E-state index contributed by atoms with van der Waals surface area (Å²) in [5.74, 6) is -1.43. The van der Waals surface area contributed by atoms with E-state index in [1.165, 1.54) is 7.11 Å². The van der Waals surface area contributed by atoms with E-state index < -0.39 is 11.9 Å². The van der Waals surface area contributed by atoms with E-state index in [1.54, 1.807) is 24.3 Å². The summed E-state index contributed by atoms with van der Waals surface area (Å²) in [6.07, 6.45) is 1.73. The Morgan fingerprint density at radius 3 is 2.53 bits per heavy atom. The van der Waals surface area contributed by atoms with Crippen LogP contribution in [0.5, 0.6) is 0 Å². The van der Waals surface area contributed by atoms with Crippen molar-refractivity contribution in [3.8, 4) is 0 Å². The van der Waals surface area contributed by atoms with Crippen molar-refractivity contribution in [2.24, 2.45) is 0 Å². The van der Waals surface area contributed by atoms with Gasteiger partial charge in [-0.3, -0.25) is 0 Å². The number of hydrogen-bond donors (Lipinski definition) is 1. The number of carbonyl (C=O) groups is 2. The zero-order chi connectivity index (χ0) is 12.8. The topological polar surface area (TPSA) is 63.6 Å². The molecule has 1 aromatic carbocycles. The molecule has 0 spiro atoms. The Kier molecular flexibility index (Phi) is 4.46. The third kappa shape index (κ3) is 3.45. The predicted octanol–water partition coefficient (Wildman–Crippen LogP) is 2.35. The Morgan fingerprint density at radius 1 is 1.35 bits per heavy atom. The molecule has 4 heteroatoms. The molecule has 90 valence electrons. The van der Waals surface area contributed by atoms with Gasteiger partial charge in [0.05, 0.1) is 12.7 Å². The second kappa shape index (κ2) is 5.84. The second-order valence-electron chi connectivity index (χ2n) is 3.43. The van der Waals surface area contributed by atoms with Gasteiger partial charge < -0.3 is 9.84 Å². The smallest absolute Gasteiger partial charge is 0.337 e. The number of hydrogen-bond acceptors (Lipinski definition) is 3. The summed E-state index contributed by atoms with van der Waals surface area (Å²) >= 11 is 0. The van der Waals surface area contributed by atoms with Crippen LogP contribution >= 0.6 is 0 Å². The van der Waals surface area contributed by atoms with Gasteiger partial charge in [-0.05, 0) is 29.7 Å². The molecule has 1 rings (SSSR count). The summed E-state index contributed by atoms with van der Waals surface area (Å²) in [4.78, 5) is 22.0. The van der Waals surface area contributed by atoms with E-state index in [0.717, 1.165) is 11.6 Å². The van der Waals surface area contributed by atoms with Crippen molar-refractivity contribution in [2.45, 2.75) is 13.3 Å².